The number of carbonyl (C=O) groups excluding carboxylic acids is 1. The fourth-order valence-electron chi connectivity index (χ4n) is 4.75. The molecule has 11 nitrogen and oxygen atoms in total. The van der Waals surface area contributed by atoms with Gasteiger partial charge >= 0.3 is 12.1 Å². The Kier molecular flexibility index (Phi) is 6.24. The number of fused-ring (bicyclic) bond motifs is 1. The first kappa shape index (κ1) is 25.2. The lowest BCUT2D eigenvalue weighted by molar-refractivity contribution is -0.142. The summed E-state index contributed by atoms with van der Waals surface area (Å²) in [4.78, 5) is 44.2. The number of anilines is 3. The number of pyridine rings is 1. The first-order valence-corrected chi connectivity index (χ1v) is 11.8. The van der Waals surface area contributed by atoms with Gasteiger partial charge in [-0.2, -0.15) is 5.26 Å². The van der Waals surface area contributed by atoms with E-state index in [-0.39, 0.29) is 24.7 Å². The number of carboxylic acid groups (broad SMARTS) is 1. The highest BCUT2D eigenvalue weighted by Gasteiger charge is 2.51. The van der Waals surface area contributed by atoms with Crippen LogP contribution in [0.2, 0.25) is 0 Å². The van der Waals surface area contributed by atoms with Gasteiger partial charge in [0.15, 0.2) is 0 Å². The van der Waals surface area contributed by atoms with E-state index in [2.05, 4.69) is 21.0 Å². The number of carbonyl (C=O) groups is 2. The van der Waals surface area contributed by atoms with E-state index in [1.165, 1.54) is 12.5 Å². The van der Waals surface area contributed by atoms with Crippen LogP contribution in [0.15, 0.2) is 24.7 Å². The third-order valence-electron chi connectivity index (χ3n) is 6.60. The monoisotopic (exact) mass is 493 g/mol. The van der Waals surface area contributed by atoms with Crippen molar-refractivity contribution in [1.82, 2.24) is 19.9 Å². The van der Waals surface area contributed by atoms with Crippen molar-refractivity contribution in [3.05, 3.63) is 35.8 Å². The first-order valence-electron chi connectivity index (χ1n) is 11.8. The van der Waals surface area contributed by atoms with E-state index in [0.717, 1.165) is 0 Å². The van der Waals surface area contributed by atoms with Gasteiger partial charge in [-0.25, -0.2) is 19.7 Å². The quantitative estimate of drug-likeness (QED) is 0.679. The number of rotatable bonds is 3. The highest BCUT2D eigenvalue weighted by atomic mass is 16.6. The second-order valence-corrected chi connectivity index (χ2v) is 10.6. The Morgan fingerprint density at radius 2 is 1.86 bits per heavy atom. The molecule has 0 aromatic carbocycles. The van der Waals surface area contributed by atoms with Crippen LogP contribution in [0.5, 0.6) is 0 Å². The number of ether oxygens (including phenoxy) is 1. The fourth-order valence-corrected chi connectivity index (χ4v) is 4.75. The molecule has 2 aliphatic heterocycles. The Bertz CT molecular complexity index is 1240. The summed E-state index contributed by atoms with van der Waals surface area (Å²) in [5, 5.41) is 19.6. The minimum Gasteiger partial charge on any atom is -0.481 e. The molecule has 0 saturated carbocycles. The molecule has 0 radical (unpaired) electrons. The molecule has 1 unspecified atom stereocenters. The molecule has 2 aliphatic rings. The Hall–Kier alpha value is -3.94. The maximum Gasteiger partial charge on any atom is 0.410 e. The number of piperazine rings is 1. The number of aliphatic carboxylic acids is 1. The summed E-state index contributed by atoms with van der Waals surface area (Å²) in [7, 11) is 0. The lowest BCUT2D eigenvalue weighted by Crippen LogP contribution is -2.59. The van der Waals surface area contributed by atoms with Gasteiger partial charge in [0.1, 0.15) is 34.8 Å². The van der Waals surface area contributed by atoms with E-state index in [0.29, 0.717) is 41.7 Å². The smallest absolute Gasteiger partial charge is 0.410 e. The van der Waals surface area contributed by atoms with E-state index in [1.807, 2.05) is 39.5 Å². The second-order valence-electron chi connectivity index (χ2n) is 10.6. The van der Waals surface area contributed by atoms with Crippen LogP contribution in [-0.4, -0.2) is 74.3 Å². The van der Waals surface area contributed by atoms with Crippen LogP contribution >= 0.6 is 0 Å². The molecule has 1 saturated heterocycles. The van der Waals surface area contributed by atoms with Gasteiger partial charge in [0, 0.05) is 37.9 Å². The lowest BCUT2D eigenvalue weighted by atomic mass is 9.85. The normalized spacial score (nSPS) is 23.8. The molecule has 1 N–H and O–H groups in total. The van der Waals surface area contributed by atoms with E-state index in [9.17, 15) is 20.0 Å². The highest BCUT2D eigenvalue weighted by Crippen LogP contribution is 2.47. The molecule has 190 valence electrons. The Balaban J connectivity index is 1.73. The number of nitriles is 1. The Labute approximate surface area is 210 Å². The van der Waals surface area contributed by atoms with Crippen LogP contribution in [-0.2, 0) is 14.9 Å². The van der Waals surface area contributed by atoms with Crippen molar-refractivity contribution >= 4 is 29.5 Å². The molecule has 0 spiro atoms. The van der Waals surface area contributed by atoms with E-state index in [4.69, 9.17) is 4.74 Å². The van der Waals surface area contributed by atoms with Crippen LogP contribution < -0.4 is 9.80 Å². The third-order valence-corrected chi connectivity index (χ3v) is 6.60. The SMILES string of the molecule is C[C@@H]1CN(c2ncnc3c2C(C)(C(=O)O)CN3c2cc(C#N)ccn2)[C@@H](C)CN1C(=O)OC(C)(C)C. The van der Waals surface area contributed by atoms with Gasteiger partial charge in [0.25, 0.3) is 0 Å². The van der Waals surface area contributed by atoms with Crippen molar-refractivity contribution in [2.45, 2.75) is 64.6 Å². The summed E-state index contributed by atoms with van der Waals surface area (Å²) >= 11 is 0. The van der Waals surface area contributed by atoms with E-state index >= 15 is 0 Å². The molecule has 4 heterocycles. The number of nitrogens with zero attached hydrogens (tertiary/aromatic N) is 7. The van der Waals surface area contributed by atoms with Gasteiger partial charge in [-0.1, -0.05) is 0 Å². The van der Waals surface area contributed by atoms with Crippen molar-refractivity contribution in [2.75, 3.05) is 29.4 Å². The van der Waals surface area contributed by atoms with Gasteiger partial charge in [-0.3, -0.25) is 4.79 Å². The van der Waals surface area contributed by atoms with Crippen molar-refractivity contribution in [3.8, 4) is 6.07 Å². The van der Waals surface area contributed by atoms with Crippen LogP contribution in [0, 0.1) is 11.3 Å². The van der Waals surface area contributed by atoms with Crippen LogP contribution in [0.3, 0.4) is 0 Å². The van der Waals surface area contributed by atoms with Gasteiger partial charge in [0.05, 0.1) is 17.2 Å². The summed E-state index contributed by atoms with van der Waals surface area (Å²) < 4.78 is 5.59. The fraction of sp³-hybridized carbons (Fsp3) is 0.520. The second kappa shape index (κ2) is 8.93. The molecule has 3 atom stereocenters. The number of amides is 1. The number of carboxylic acids is 1. The van der Waals surface area contributed by atoms with Crippen molar-refractivity contribution in [1.29, 1.82) is 5.26 Å². The maximum atomic E-state index is 12.8. The zero-order valence-corrected chi connectivity index (χ0v) is 21.4. The van der Waals surface area contributed by atoms with Crippen LogP contribution in [0.4, 0.5) is 22.2 Å². The lowest BCUT2D eigenvalue weighted by Gasteiger charge is -2.45. The molecule has 2 aromatic rings. The summed E-state index contributed by atoms with van der Waals surface area (Å²) in [6, 6.07) is 4.96. The number of aromatic nitrogens is 3. The van der Waals surface area contributed by atoms with Gasteiger partial charge in [0.2, 0.25) is 0 Å². The maximum absolute atomic E-state index is 12.8. The molecular formula is C25H31N7O4. The number of hydrogen-bond acceptors (Lipinski definition) is 9. The van der Waals surface area contributed by atoms with Gasteiger partial charge < -0.3 is 24.5 Å². The number of hydrogen-bond donors (Lipinski definition) is 1. The molecule has 1 fully saturated rings. The summed E-state index contributed by atoms with van der Waals surface area (Å²) in [5.74, 6) is 0.404. The largest absolute Gasteiger partial charge is 0.481 e. The average Bonchev–Trinajstić information content (AvgIpc) is 3.13. The third kappa shape index (κ3) is 4.39. The molecular weight excluding hydrogens is 462 g/mol. The summed E-state index contributed by atoms with van der Waals surface area (Å²) in [6.07, 6.45) is 2.56. The molecule has 0 bridgehead atoms. The van der Waals surface area contributed by atoms with Crippen LogP contribution in [0.1, 0.15) is 52.7 Å². The topological polar surface area (TPSA) is 136 Å². The van der Waals surface area contributed by atoms with Crippen molar-refractivity contribution in [2.24, 2.45) is 0 Å². The molecule has 11 heteroatoms. The predicted molar refractivity (Wildman–Crippen MR) is 132 cm³/mol. The van der Waals surface area contributed by atoms with Gasteiger partial charge in [-0.05, 0) is 53.7 Å². The van der Waals surface area contributed by atoms with Crippen molar-refractivity contribution < 1.29 is 19.4 Å². The standard InChI is InChI=1S/C25H31N7O4/c1-15-12-31(23(35)36-24(3,4)5)16(2)11-30(15)20-19-21(29-14-28-20)32(13-25(19,6)22(33)34)18-9-17(10-26)7-8-27-18/h7-9,14-16H,11-13H2,1-6H3,(H,33,34)/t15-,16+,25?/m0/s1. The molecule has 1 amide bonds. The Morgan fingerprint density at radius 1 is 1.17 bits per heavy atom. The van der Waals surface area contributed by atoms with E-state index in [1.54, 1.807) is 28.9 Å². The zero-order valence-electron chi connectivity index (χ0n) is 21.4. The van der Waals surface area contributed by atoms with Crippen molar-refractivity contribution in [3.63, 3.8) is 0 Å². The predicted octanol–water partition coefficient (Wildman–Crippen LogP) is 3.07. The zero-order chi connectivity index (χ0) is 26.4. The van der Waals surface area contributed by atoms with Crippen LogP contribution in [0.25, 0.3) is 0 Å². The average molecular weight is 494 g/mol. The van der Waals surface area contributed by atoms with E-state index < -0.39 is 17.0 Å². The summed E-state index contributed by atoms with van der Waals surface area (Å²) in [6.45, 7) is 12.0. The molecule has 0 aliphatic carbocycles. The van der Waals surface area contributed by atoms with Gasteiger partial charge in [-0.15, -0.1) is 0 Å². The molecule has 4 rings (SSSR count). The molecule has 2 aromatic heterocycles. The summed E-state index contributed by atoms with van der Waals surface area (Å²) in [5.41, 5.74) is -1.01. The highest BCUT2D eigenvalue weighted by molar-refractivity contribution is 5.91. The molecule has 36 heavy (non-hydrogen) atoms. The minimum absolute atomic E-state index is 0.0903. The minimum atomic E-state index is -1.32. The Morgan fingerprint density at radius 3 is 2.50 bits per heavy atom. The first-order chi connectivity index (χ1) is 16.9.